The van der Waals surface area contributed by atoms with Gasteiger partial charge in [0.2, 0.25) is 0 Å². The molecule has 7 heteroatoms. The Bertz CT molecular complexity index is 610. The summed E-state index contributed by atoms with van der Waals surface area (Å²) in [6.45, 7) is 1.88. The van der Waals surface area contributed by atoms with Gasteiger partial charge in [0.1, 0.15) is 5.70 Å². The van der Waals surface area contributed by atoms with Crippen LogP contribution in [0, 0.1) is 6.92 Å². The van der Waals surface area contributed by atoms with Crippen LogP contribution in [0.1, 0.15) is 5.56 Å². The Labute approximate surface area is 117 Å². The molecule has 0 atom stereocenters. The Hall–Kier alpha value is -2.02. The molecular formula is C12H11BrN2O4. The van der Waals surface area contributed by atoms with Crippen molar-refractivity contribution in [1.29, 1.82) is 0 Å². The number of ether oxygens (including phenoxy) is 2. The Kier molecular flexibility index (Phi) is 3.48. The van der Waals surface area contributed by atoms with Crippen molar-refractivity contribution < 1.29 is 19.1 Å². The molecule has 1 aromatic rings. The quantitative estimate of drug-likeness (QED) is 0.461. The fraction of sp³-hybridized carbons (Fsp3) is 0.167. The van der Waals surface area contributed by atoms with Crippen molar-refractivity contribution in [2.45, 2.75) is 6.92 Å². The smallest absolute Gasteiger partial charge is 0.362 e. The summed E-state index contributed by atoms with van der Waals surface area (Å²) in [6, 6.07) is 3.44. The standard InChI is InChI=1S/C12H11BrN2O4/c1-5-3-7-8(4-6(5)13)19-12(17)10(15-7)9(14)11(16)18-2/h3-4,15H,14H2,1-2H3/b10-9-. The number of carbonyl (C=O) groups excluding carboxylic acids is 2. The number of nitrogens with two attached hydrogens (primary N) is 1. The van der Waals surface area contributed by atoms with Crippen molar-refractivity contribution in [2.24, 2.45) is 5.73 Å². The van der Waals surface area contributed by atoms with Crippen LogP contribution in [-0.2, 0) is 14.3 Å². The van der Waals surface area contributed by atoms with E-state index >= 15 is 0 Å². The molecule has 6 nitrogen and oxygen atoms in total. The van der Waals surface area contributed by atoms with Gasteiger partial charge in [0.05, 0.1) is 12.8 Å². The number of hydrogen-bond acceptors (Lipinski definition) is 6. The maximum absolute atomic E-state index is 11.8. The van der Waals surface area contributed by atoms with Gasteiger partial charge in [0, 0.05) is 4.47 Å². The van der Waals surface area contributed by atoms with Gasteiger partial charge in [0.25, 0.3) is 0 Å². The number of halogens is 1. The highest BCUT2D eigenvalue weighted by atomic mass is 79.9. The van der Waals surface area contributed by atoms with Crippen LogP contribution in [-0.4, -0.2) is 19.0 Å². The van der Waals surface area contributed by atoms with Crippen LogP contribution in [0.15, 0.2) is 28.0 Å². The summed E-state index contributed by atoms with van der Waals surface area (Å²) in [5, 5.41) is 2.79. The molecule has 19 heavy (non-hydrogen) atoms. The van der Waals surface area contributed by atoms with E-state index in [1.54, 1.807) is 12.1 Å². The summed E-state index contributed by atoms with van der Waals surface area (Å²) in [4.78, 5) is 23.1. The molecule has 0 aromatic heterocycles. The van der Waals surface area contributed by atoms with Crippen molar-refractivity contribution in [3.8, 4) is 5.75 Å². The minimum atomic E-state index is -0.795. The van der Waals surface area contributed by atoms with E-state index in [0.29, 0.717) is 11.4 Å². The number of nitrogens with one attached hydrogen (secondary N) is 1. The molecule has 0 saturated heterocycles. The van der Waals surface area contributed by atoms with Gasteiger partial charge in [-0.25, -0.2) is 9.59 Å². The maximum atomic E-state index is 11.8. The number of rotatable bonds is 1. The largest absolute Gasteiger partial charge is 0.464 e. The fourth-order valence-electron chi connectivity index (χ4n) is 1.57. The summed E-state index contributed by atoms with van der Waals surface area (Å²) in [7, 11) is 1.18. The molecule has 1 aliphatic heterocycles. The van der Waals surface area contributed by atoms with E-state index in [0.717, 1.165) is 10.0 Å². The average Bonchev–Trinajstić information content (AvgIpc) is 2.38. The minimum absolute atomic E-state index is 0.124. The van der Waals surface area contributed by atoms with Crippen LogP contribution < -0.4 is 15.8 Å². The van der Waals surface area contributed by atoms with Gasteiger partial charge < -0.3 is 20.5 Å². The zero-order valence-corrected chi connectivity index (χ0v) is 11.8. The molecule has 1 aromatic carbocycles. The summed E-state index contributed by atoms with van der Waals surface area (Å²) in [6.07, 6.45) is 0. The molecule has 1 heterocycles. The van der Waals surface area contributed by atoms with E-state index in [4.69, 9.17) is 10.5 Å². The minimum Gasteiger partial charge on any atom is -0.464 e. The summed E-state index contributed by atoms with van der Waals surface area (Å²) >= 11 is 3.34. The third-order valence-corrected chi connectivity index (χ3v) is 3.46. The van der Waals surface area contributed by atoms with Crippen LogP contribution in [0.5, 0.6) is 5.75 Å². The Morgan fingerprint density at radius 2 is 2.16 bits per heavy atom. The average molecular weight is 327 g/mol. The third kappa shape index (κ3) is 2.41. The second kappa shape index (κ2) is 4.93. The Morgan fingerprint density at radius 1 is 1.47 bits per heavy atom. The fourth-order valence-corrected chi connectivity index (χ4v) is 1.89. The number of benzene rings is 1. The zero-order valence-electron chi connectivity index (χ0n) is 10.2. The number of hydrogen-bond donors (Lipinski definition) is 2. The topological polar surface area (TPSA) is 90.7 Å². The normalized spacial score (nSPS) is 16.1. The van der Waals surface area contributed by atoms with Gasteiger partial charge >= 0.3 is 11.9 Å². The molecule has 0 radical (unpaired) electrons. The van der Waals surface area contributed by atoms with Gasteiger partial charge in [-0.1, -0.05) is 15.9 Å². The van der Waals surface area contributed by atoms with Gasteiger partial charge in [0.15, 0.2) is 11.4 Å². The first-order chi connectivity index (χ1) is 8.93. The Morgan fingerprint density at radius 3 is 2.79 bits per heavy atom. The predicted octanol–water partition coefficient (Wildman–Crippen LogP) is 1.43. The number of esters is 2. The van der Waals surface area contributed by atoms with E-state index in [1.807, 2.05) is 6.92 Å². The lowest BCUT2D eigenvalue weighted by Gasteiger charge is -2.21. The summed E-state index contributed by atoms with van der Waals surface area (Å²) < 4.78 is 10.4. The monoisotopic (exact) mass is 326 g/mol. The summed E-state index contributed by atoms with van der Waals surface area (Å²) in [5.74, 6) is -1.16. The first kappa shape index (κ1) is 13.4. The predicted molar refractivity (Wildman–Crippen MR) is 71.4 cm³/mol. The van der Waals surface area contributed by atoms with Crippen molar-refractivity contribution in [2.75, 3.05) is 12.4 Å². The Balaban J connectivity index is 2.47. The lowest BCUT2D eigenvalue weighted by molar-refractivity contribution is -0.137. The van der Waals surface area contributed by atoms with E-state index < -0.39 is 11.9 Å². The van der Waals surface area contributed by atoms with E-state index in [-0.39, 0.29) is 11.4 Å². The second-order valence-electron chi connectivity index (χ2n) is 3.89. The molecule has 0 amide bonds. The van der Waals surface area contributed by atoms with Crippen LogP contribution in [0.3, 0.4) is 0 Å². The van der Waals surface area contributed by atoms with Crippen LogP contribution in [0.2, 0.25) is 0 Å². The molecule has 0 fully saturated rings. The lowest BCUT2D eigenvalue weighted by atomic mass is 10.1. The summed E-state index contributed by atoms with van der Waals surface area (Å²) in [5.41, 5.74) is 6.61. The first-order valence-electron chi connectivity index (χ1n) is 5.31. The number of fused-ring (bicyclic) bond motifs is 1. The highest BCUT2D eigenvalue weighted by Crippen LogP contribution is 2.35. The first-order valence-corrected chi connectivity index (χ1v) is 6.10. The van der Waals surface area contributed by atoms with Crippen LogP contribution in [0.25, 0.3) is 0 Å². The van der Waals surface area contributed by atoms with Gasteiger partial charge in [-0.2, -0.15) is 0 Å². The van der Waals surface area contributed by atoms with E-state index in [2.05, 4.69) is 26.0 Å². The van der Waals surface area contributed by atoms with Gasteiger partial charge in [-0.3, -0.25) is 0 Å². The molecule has 100 valence electrons. The van der Waals surface area contributed by atoms with Crippen molar-refractivity contribution in [3.63, 3.8) is 0 Å². The second-order valence-corrected chi connectivity index (χ2v) is 4.75. The maximum Gasteiger partial charge on any atom is 0.362 e. The van der Waals surface area contributed by atoms with Gasteiger partial charge in [-0.05, 0) is 24.6 Å². The lowest BCUT2D eigenvalue weighted by Crippen LogP contribution is -2.30. The van der Waals surface area contributed by atoms with Crippen molar-refractivity contribution >= 4 is 33.6 Å². The molecule has 0 bridgehead atoms. The molecule has 0 spiro atoms. The number of methoxy groups -OCH3 is 1. The highest BCUT2D eigenvalue weighted by Gasteiger charge is 2.28. The van der Waals surface area contributed by atoms with Crippen LogP contribution >= 0.6 is 15.9 Å². The molecule has 1 aliphatic rings. The number of aryl methyl sites for hydroxylation is 1. The van der Waals surface area contributed by atoms with E-state index in [9.17, 15) is 9.59 Å². The van der Waals surface area contributed by atoms with Crippen LogP contribution in [0.4, 0.5) is 5.69 Å². The number of anilines is 1. The van der Waals surface area contributed by atoms with E-state index in [1.165, 1.54) is 7.11 Å². The zero-order chi connectivity index (χ0) is 14.2. The molecule has 0 saturated carbocycles. The molecular weight excluding hydrogens is 316 g/mol. The molecule has 0 unspecified atom stereocenters. The highest BCUT2D eigenvalue weighted by molar-refractivity contribution is 9.10. The molecule has 0 aliphatic carbocycles. The third-order valence-electron chi connectivity index (χ3n) is 2.60. The van der Waals surface area contributed by atoms with Crippen molar-refractivity contribution in [3.05, 3.63) is 33.6 Å². The SMILES string of the molecule is COC(=O)/C(N)=C1/Nc2cc(C)c(Br)cc2OC1=O. The molecule has 3 N–H and O–H groups in total. The van der Waals surface area contributed by atoms with Crippen molar-refractivity contribution in [1.82, 2.24) is 0 Å². The van der Waals surface area contributed by atoms with Gasteiger partial charge in [-0.15, -0.1) is 0 Å². The number of carbonyl (C=O) groups is 2. The molecule has 2 rings (SSSR count).